The van der Waals surface area contributed by atoms with Crippen LogP contribution in [0.4, 0.5) is 5.69 Å². The lowest BCUT2D eigenvalue weighted by molar-refractivity contribution is -0.115. The SMILES string of the molecule is CCc1cccc(NC(=O)CC(N)=S)c1. The number of nitrogens with one attached hydrogen (secondary N) is 1. The topological polar surface area (TPSA) is 55.1 Å². The van der Waals surface area contributed by atoms with Crippen molar-refractivity contribution in [3.8, 4) is 0 Å². The van der Waals surface area contributed by atoms with Gasteiger partial charge >= 0.3 is 0 Å². The molecule has 0 atom stereocenters. The lowest BCUT2D eigenvalue weighted by Gasteiger charge is -2.05. The minimum absolute atomic E-state index is 0.0890. The number of hydrogen-bond donors (Lipinski definition) is 2. The predicted molar refractivity (Wildman–Crippen MR) is 65.9 cm³/mol. The largest absolute Gasteiger partial charge is 0.393 e. The maximum absolute atomic E-state index is 11.3. The highest BCUT2D eigenvalue weighted by molar-refractivity contribution is 7.80. The van der Waals surface area contributed by atoms with E-state index in [1.807, 2.05) is 24.3 Å². The minimum atomic E-state index is -0.171. The second kappa shape index (κ2) is 5.46. The highest BCUT2D eigenvalue weighted by Crippen LogP contribution is 2.11. The number of carbonyl (C=O) groups excluding carboxylic acids is 1. The van der Waals surface area contributed by atoms with Gasteiger partial charge in [-0.3, -0.25) is 4.79 Å². The average molecular weight is 222 g/mol. The summed E-state index contributed by atoms with van der Waals surface area (Å²) in [5.41, 5.74) is 7.24. The molecule has 3 N–H and O–H groups in total. The van der Waals surface area contributed by atoms with E-state index >= 15 is 0 Å². The lowest BCUT2D eigenvalue weighted by Crippen LogP contribution is -2.20. The summed E-state index contributed by atoms with van der Waals surface area (Å²) in [5, 5.41) is 2.74. The Kier molecular flexibility index (Phi) is 4.24. The molecule has 3 nitrogen and oxygen atoms in total. The highest BCUT2D eigenvalue weighted by Gasteiger charge is 2.03. The quantitative estimate of drug-likeness (QED) is 0.765. The molecule has 1 amide bonds. The molecule has 0 fully saturated rings. The van der Waals surface area contributed by atoms with Crippen LogP contribution in [0.1, 0.15) is 18.9 Å². The molecule has 0 heterocycles. The molecule has 1 aromatic carbocycles. The Hall–Kier alpha value is -1.42. The van der Waals surface area contributed by atoms with Gasteiger partial charge in [0, 0.05) is 5.69 Å². The molecule has 4 heteroatoms. The van der Waals surface area contributed by atoms with Gasteiger partial charge in [0.05, 0.1) is 11.4 Å². The second-order valence-corrected chi connectivity index (χ2v) is 3.77. The van der Waals surface area contributed by atoms with E-state index in [1.54, 1.807) is 0 Å². The van der Waals surface area contributed by atoms with Crippen LogP contribution >= 0.6 is 12.2 Å². The number of carbonyl (C=O) groups is 1. The first-order valence-electron chi connectivity index (χ1n) is 4.79. The zero-order chi connectivity index (χ0) is 11.3. The van der Waals surface area contributed by atoms with Crippen molar-refractivity contribution >= 4 is 28.8 Å². The van der Waals surface area contributed by atoms with E-state index in [4.69, 9.17) is 5.73 Å². The summed E-state index contributed by atoms with van der Waals surface area (Å²) >= 11 is 4.65. The van der Waals surface area contributed by atoms with E-state index in [-0.39, 0.29) is 17.3 Å². The molecule has 1 rings (SSSR count). The molecule has 0 spiro atoms. The Balaban J connectivity index is 2.63. The Bertz CT molecular complexity index is 377. The molecule has 0 saturated carbocycles. The first-order chi connectivity index (χ1) is 7.11. The lowest BCUT2D eigenvalue weighted by atomic mass is 10.1. The summed E-state index contributed by atoms with van der Waals surface area (Å²) in [6.07, 6.45) is 1.03. The number of benzene rings is 1. The fourth-order valence-corrected chi connectivity index (χ4v) is 1.36. The second-order valence-electron chi connectivity index (χ2n) is 3.25. The maximum atomic E-state index is 11.3. The minimum Gasteiger partial charge on any atom is -0.393 e. The predicted octanol–water partition coefficient (Wildman–Crippen LogP) is 1.86. The standard InChI is InChI=1S/C11H14N2OS/c1-2-8-4-3-5-9(6-8)13-11(14)7-10(12)15/h3-6H,2,7H2,1H3,(H2,12,15)(H,13,14). The van der Waals surface area contributed by atoms with E-state index in [1.165, 1.54) is 5.56 Å². The Morgan fingerprint density at radius 3 is 2.87 bits per heavy atom. The third-order valence-corrected chi connectivity index (χ3v) is 2.10. The molecule has 80 valence electrons. The third kappa shape index (κ3) is 4.08. The monoisotopic (exact) mass is 222 g/mol. The van der Waals surface area contributed by atoms with Gasteiger partial charge in [-0.2, -0.15) is 0 Å². The van der Waals surface area contributed by atoms with E-state index in [0.717, 1.165) is 12.1 Å². The molecule has 0 aliphatic rings. The average Bonchev–Trinajstić information content (AvgIpc) is 2.16. The Morgan fingerprint density at radius 1 is 1.53 bits per heavy atom. The van der Waals surface area contributed by atoms with Crippen molar-refractivity contribution in [1.82, 2.24) is 0 Å². The Morgan fingerprint density at radius 2 is 2.27 bits per heavy atom. The fourth-order valence-electron chi connectivity index (χ4n) is 1.23. The van der Waals surface area contributed by atoms with E-state index in [0.29, 0.717) is 0 Å². The molecular formula is C11H14N2OS. The first-order valence-corrected chi connectivity index (χ1v) is 5.19. The van der Waals surface area contributed by atoms with Crippen molar-refractivity contribution < 1.29 is 4.79 Å². The van der Waals surface area contributed by atoms with Crippen LogP contribution in [0.3, 0.4) is 0 Å². The van der Waals surface area contributed by atoms with Gasteiger partial charge in [-0.05, 0) is 24.1 Å². The van der Waals surface area contributed by atoms with E-state index < -0.39 is 0 Å². The number of aryl methyl sites for hydroxylation is 1. The number of thiocarbonyl (C=S) groups is 1. The molecule has 0 saturated heterocycles. The van der Waals surface area contributed by atoms with Crippen LogP contribution < -0.4 is 11.1 Å². The number of hydrogen-bond acceptors (Lipinski definition) is 2. The van der Waals surface area contributed by atoms with Gasteiger partial charge in [0.1, 0.15) is 0 Å². The van der Waals surface area contributed by atoms with E-state index in [9.17, 15) is 4.79 Å². The molecule has 1 aromatic rings. The third-order valence-electron chi connectivity index (χ3n) is 1.95. The summed E-state index contributed by atoms with van der Waals surface area (Å²) in [6, 6.07) is 7.71. The fraction of sp³-hybridized carbons (Fsp3) is 0.273. The van der Waals surface area contributed by atoms with Crippen LogP contribution in [0.5, 0.6) is 0 Å². The summed E-state index contributed by atoms with van der Waals surface area (Å²) in [7, 11) is 0. The van der Waals surface area contributed by atoms with Crippen molar-refractivity contribution in [3.63, 3.8) is 0 Å². The van der Waals surface area contributed by atoms with Crippen molar-refractivity contribution in [3.05, 3.63) is 29.8 Å². The summed E-state index contributed by atoms with van der Waals surface area (Å²) < 4.78 is 0. The van der Waals surface area contributed by atoms with Crippen LogP contribution in [0.15, 0.2) is 24.3 Å². The van der Waals surface area contributed by atoms with Gasteiger partial charge in [-0.1, -0.05) is 31.3 Å². The van der Waals surface area contributed by atoms with Crippen LogP contribution in [-0.2, 0) is 11.2 Å². The highest BCUT2D eigenvalue weighted by atomic mass is 32.1. The molecular weight excluding hydrogens is 208 g/mol. The van der Waals surface area contributed by atoms with Gasteiger partial charge < -0.3 is 11.1 Å². The molecule has 0 aliphatic heterocycles. The summed E-state index contributed by atoms with van der Waals surface area (Å²) in [6.45, 7) is 2.07. The van der Waals surface area contributed by atoms with Gasteiger partial charge in [0.25, 0.3) is 0 Å². The molecule has 15 heavy (non-hydrogen) atoms. The zero-order valence-electron chi connectivity index (χ0n) is 8.62. The van der Waals surface area contributed by atoms with Gasteiger partial charge in [0.15, 0.2) is 0 Å². The molecule has 0 radical (unpaired) electrons. The smallest absolute Gasteiger partial charge is 0.231 e. The van der Waals surface area contributed by atoms with Crippen molar-refractivity contribution in [1.29, 1.82) is 0 Å². The number of anilines is 1. The molecule has 0 aromatic heterocycles. The normalized spacial score (nSPS) is 9.67. The van der Waals surface area contributed by atoms with Crippen molar-refractivity contribution in [2.45, 2.75) is 19.8 Å². The van der Waals surface area contributed by atoms with Crippen molar-refractivity contribution in [2.24, 2.45) is 5.73 Å². The molecule has 0 bridgehead atoms. The number of nitrogens with two attached hydrogens (primary N) is 1. The van der Waals surface area contributed by atoms with Crippen LogP contribution in [0.2, 0.25) is 0 Å². The van der Waals surface area contributed by atoms with Crippen LogP contribution in [0, 0.1) is 0 Å². The van der Waals surface area contributed by atoms with Gasteiger partial charge in [-0.15, -0.1) is 0 Å². The molecule has 0 unspecified atom stereocenters. The van der Waals surface area contributed by atoms with Crippen molar-refractivity contribution in [2.75, 3.05) is 5.32 Å². The summed E-state index contributed by atoms with van der Waals surface area (Å²) in [5.74, 6) is -0.171. The van der Waals surface area contributed by atoms with E-state index in [2.05, 4.69) is 24.5 Å². The molecule has 0 aliphatic carbocycles. The van der Waals surface area contributed by atoms with Gasteiger partial charge in [-0.25, -0.2) is 0 Å². The number of rotatable bonds is 4. The first kappa shape index (κ1) is 11.7. The summed E-state index contributed by atoms with van der Waals surface area (Å²) in [4.78, 5) is 11.6. The Labute approximate surface area is 94.7 Å². The number of amides is 1. The van der Waals surface area contributed by atoms with Gasteiger partial charge in [0.2, 0.25) is 5.91 Å². The van der Waals surface area contributed by atoms with Crippen LogP contribution in [-0.4, -0.2) is 10.9 Å². The van der Waals surface area contributed by atoms with Crippen LogP contribution in [0.25, 0.3) is 0 Å². The zero-order valence-corrected chi connectivity index (χ0v) is 9.43. The maximum Gasteiger partial charge on any atom is 0.231 e.